The van der Waals surface area contributed by atoms with Gasteiger partial charge in [-0.1, -0.05) is 66.7 Å². The highest BCUT2D eigenvalue weighted by molar-refractivity contribution is 5.97. The molecule has 14 N–H and O–H groups in total. The van der Waals surface area contributed by atoms with Crippen LogP contribution in [-0.2, 0) is 54.5 Å². The van der Waals surface area contributed by atoms with Crippen molar-refractivity contribution in [3.8, 4) is 0 Å². The largest absolute Gasteiger partial charge is 0.368 e. The smallest absolute Gasteiger partial charge is 0.243 e. The number of fused-ring (bicyclic) bond motifs is 2. The summed E-state index contributed by atoms with van der Waals surface area (Å²) in [6.07, 6.45) is 6.51. The van der Waals surface area contributed by atoms with Crippen LogP contribution in [0.3, 0.4) is 0 Å². The Labute approximate surface area is 388 Å². The molecule has 19 heteroatoms. The number of para-hydroxylation sites is 2. The summed E-state index contributed by atoms with van der Waals surface area (Å²) in [6, 6.07) is 17.2. The highest BCUT2D eigenvalue weighted by atomic mass is 35.5. The van der Waals surface area contributed by atoms with E-state index in [1.54, 1.807) is 36.7 Å². The van der Waals surface area contributed by atoms with Gasteiger partial charge in [-0.05, 0) is 68.5 Å². The maximum absolute atomic E-state index is 14.5. The van der Waals surface area contributed by atoms with Gasteiger partial charge in [0.2, 0.25) is 35.4 Å². The molecule has 0 saturated heterocycles. The van der Waals surface area contributed by atoms with E-state index in [0.717, 1.165) is 38.6 Å². The summed E-state index contributed by atoms with van der Waals surface area (Å²) < 4.78 is 0. The number of imidazole rings is 1. The van der Waals surface area contributed by atoms with Crippen molar-refractivity contribution in [3.05, 3.63) is 126 Å². The number of unbranched alkanes of at least 4 members (excludes halogenated alkanes) is 1. The first-order valence-electron chi connectivity index (χ1n) is 21.7. The number of aromatic amines is 3. The topological polar surface area (TPSA) is 301 Å². The second kappa shape index (κ2) is 23.8. The molecule has 0 aliphatic heterocycles. The number of benzene rings is 3. The number of hydrogen-bond acceptors (Lipinski definition) is 9. The van der Waals surface area contributed by atoms with Crippen molar-refractivity contribution in [3.63, 3.8) is 0 Å². The standard InChI is InChI=1S/C47H58N12O6.ClH/c1-27-34(33-15-7-9-17-37(33)54-27)23-41(58-44(62)35(49)22-31-25-51-26-53-31)45(63)55-28(2)43(61)57-40(21-30-24-52-36-16-8-6-14-32(30)36)47(65)59-39(20-29-12-4-3-5-13-29)46(64)56-38(42(50)60)18-10-11-19-48;/h3-9,12-17,24-26,28,35,38-41,52,54H,10-11,18-23,48-49H2,1-2H3,(H2,50,60)(H,51,53)(H,55,63)(H,56,64)(H,57,61)(H,58,62)(H,59,65);1H/t28-,35-,38-,39+,40-,41+;/m0./s1. The molecule has 0 spiro atoms. The Hall–Kier alpha value is -7.02. The minimum absolute atomic E-state index is 0. The third-order valence-electron chi connectivity index (χ3n) is 11.4. The van der Waals surface area contributed by atoms with E-state index in [4.69, 9.17) is 17.2 Å². The number of nitrogens with zero attached hydrogens (tertiary/aromatic N) is 1. The number of carbonyl (C=O) groups is 6. The van der Waals surface area contributed by atoms with Crippen LogP contribution in [0.1, 0.15) is 54.3 Å². The molecule has 0 saturated carbocycles. The normalized spacial score (nSPS) is 13.9. The van der Waals surface area contributed by atoms with E-state index in [9.17, 15) is 28.8 Å². The van der Waals surface area contributed by atoms with Crippen LogP contribution in [0.25, 0.3) is 21.8 Å². The molecular weight excluding hydrogens is 864 g/mol. The first-order chi connectivity index (χ1) is 31.3. The van der Waals surface area contributed by atoms with Crippen LogP contribution in [0, 0.1) is 6.92 Å². The monoisotopic (exact) mass is 922 g/mol. The molecule has 66 heavy (non-hydrogen) atoms. The summed E-state index contributed by atoms with van der Waals surface area (Å²) in [7, 11) is 0. The molecule has 0 fully saturated rings. The van der Waals surface area contributed by atoms with Crippen molar-refractivity contribution in [1.82, 2.24) is 46.5 Å². The Balaban J connectivity index is 0.00000817. The zero-order valence-electron chi connectivity index (χ0n) is 36.9. The summed E-state index contributed by atoms with van der Waals surface area (Å²) in [6.45, 7) is 3.74. The van der Waals surface area contributed by atoms with Crippen molar-refractivity contribution < 1.29 is 28.8 Å². The average Bonchev–Trinajstić information content (AvgIpc) is 4.04. The highest BCUT2D eigenvalue weighted by Gasteiger charge is 2.33. The Morgan fingerprint density at radius 1 is 0.652 bits per heavy atom. The van der Waals surface area contributed by atoms with Gasteiger partial charge in [-0.3, -0.25) is 28.8 Å². The van der Waals surface area contributed by atoms with Crippen LogP contribution in [-0.4, -0.2) is 98.2 Å². The summed E-state index contributed by atoms with van der Waals surface area (Å²) in [5.74, 6) is -4.02. The summed E-state index contributed by atoms with van der Waals surface area (Å²) >= 11 is 0. The minimum Gasteiger partial charge on any atom is -0.368 e. The Bertz CT molecular complexity index is 2580. The number of nitrogens with two attached hydrogens (primary N) is 3. The second-order valence-corrected chi connectivity index (χ2v) is 16.3. The third kappa shape index (κ3) is 13.3. The lowest BCUT2D eigenvalue weighted by atomic mass is 10.0. The van der Waals surface area contributed by atoms with Crippen LogP contribution < -0.4 is 43.8 Å². The van der Waals surface area contributed by atoms with E-state index in [1.165, 1.54) is 13.3 Å². The van der Waals surface area contributed by atoms with Crippen molar-refractivity contribution in [1.29, 1.82) is 0 Å². The van der Waals surface area contributed by atoms with Crippen LogP contribution in [0.2, 0.25) is 0 Å². The quantitative estimate of drug-likeness (QED) is 0.0417. The van der Waals surface area contributed by atoms with Gasteiger partial charge < -0.3 is 58.7 Å². The molecule has 0 radical (unpaired) electrons. The third-order valence-corrected chi connectivity index (χ3v) is 11.4. The maximum Gasteiger partial charge on any atom is 0.243 e. The molecule has 0 aliphatic rings. The van der Waals surface area contributed by atoms with E-state index >= 15 is 0 Å². The average molecular weight is 924 g/mol. The Morgan fingerprint density at radius 3 is 1.92 bits per heavy atom. The maximum atomic E-state index is 14.5. The number of rotatable bonds is 23. The molecule has 6 amide bonds. The number of aromatic nitrogens is 4. The lowest BCUT2D eigenvalue weighted by Gasteiger charge is -2.26. The fourth-order valence-electron chi connectivity index (χ4n) is 7.80. The van der Waals surface area contributed by atoms with E-state index in [1.807, 2.05) is 61.5 Å². The molecule has 350 valence electrons. The number of aryl methyl sites for hydroxylation is 1. The minimum atomic E-state index is -1.26. The summed E-state index contributed by atoms with van der Waals surface area (Å²) in [4.78, 5) is 96.1. The molecule has 3 aromatic carbocycles. The SMILES string of the molecule is Cc1[nH]c2ccccc2c1C[C@@H](NC(=O)[C@@H](N)Cc1c[nH]cn1)C(=O)N[C@@H](C)C(=O)N[C@@H](Cc1c[nH]c2ccccc12)C(=O)N[C@H](Cc1ccccc1)C(=O)N[C@@H](CCCCN)C(N)=O.Cl. The molecule has 6 atom stereocenters. The van der Waals surface area contributed by atoms with Crippen molar-refractivity contribution >= 4 is 69.7 Å². The molecule has 0 unspecified atom stereocenters. The molecule has 6 rings (SSSR count). The Kier molecular flexibility index (Phi) is 18.0. The predicted molar refractivity (Wildman–Crippen MR) is 254 cm³/mol. The fourth-order valence-corrected chi connectivity index (χ4v) is 7.80. The first kappa shape index (κ1) is 50.0. The molecule has 18 nitrogen and oxygen atoms in total. The van der Waals surface area contributed by atoms with Gasteiger partial charge in [-0.2, -0.15) is 0 Å². The van der Waals surface area contributed by atoms with Gasteiger partial charge in [0, 0.05) is 65.6 Å². The van der Waals surface area contributed by atoms with Gasteiger partial charge in [-0.25, -0.2) is 4.98 Å². The molecule has 0 aliphatic carbocycles. The van der Waals surface area contributed by atoms with Gasteiger partial charge in [-0.15, -0.1) is 12.4 Å². The predicted octanol–water partition coefficient (Wildman–Crippen LogP) is 1.76. The van der Waals surface area contributed by atoms with Crippen molar-refractivity contribution in [2.24, 2.45) is 17.2 Å². The van der Waals surface area contributed by atoms with Crippen molar-refractivity contribution in [2.45, 2.75) is 95.0 Å². The number of nitrogens with one attached hydrogen (secondary N) is 8. The molecule has 6 aromatic rings. The highest BCUT2D eigenvalue weighted by Crippen LogP contribution is 2.24. The zero-order valence-corrected chi connectivity index (χ0v) is 37.7. The van der Waals surface area contributed by atoms with E-state index in [-0.39, 0.29) is 44.5 Å². The fraction of sp³-hybridized carbons (Fsp3) is 0.340. The Morgan fingerprint density at radius 2 is 1.24 bits per heavy atom. The number of halogens is 1. The van der Waals surface area contributed by atoms with Crippen LogP contribution >= 0.6 is 12.4 Å². The van der Waals surface area contributed by atoms with Gasteiger partial charge in [0.25, 0.3) is 0 Å². The van der Waals surface area contributed by atoms with Crippen LogP contribution in [0.5, 0.6) is 0 Å². The van der Waals surface area contributed by atoms with Gasteiger partial charge in [0.1, 0.15) is 30.2 Å². The number of primary amides is 1. The summed E-state index contributed by atoms with van der Waals surface area (Å²) in [5.41, 5.74) is 22.8. The van der Waals surface area contributed by atoms with Gasteiger partial charge in [0.05, 0.1) is 18.1 Å². The lowest BCUT2D eigenvalue weighted by molar-refractivity contribution is -0.134. The lowest BCUT2D eigenvalue weighted by Crippen LogP contribution is -2.59. The number of hydrogen-bond donors (Lipinski definition) is 11. The molecule has 3 aromatic heterocycles. The number of carbonyl (C=O) groups excluding carboxylic acids is 6. The zero-order chi connectivity index (χ0) is 46.5. The first-order valence-corrected chi connectivity index (χ1v) is 21.7. The summed E-state index contributed by atoms with van der Waals surface area (Å²) in [5, 5.41) is 15.6. The van der Waals surface area contributed by atoms with Crippen molar-refractivity contribution in [2.75, 3.05) is 6.54 Å². The van der Waals surface area contributed by atoms with Gasteiger partial charge in [0.15, 0.2) is 0 Å². The molecular formula is C47H59ClN12O6. The number of H-pyrrole nitrogens is 3. The molecule has 3 heterocycles. The molecule has 0 bridgehead atoms. The van der Waals surface area contributed by atoms with Gasteiger partial charge >= 0.3 is 0 Å². The van der Waals surface area contributed by atoms with E-state index in [0.29, 0.717) is 30.6 Å². The van der Waals surface area contributed by atoms with Crippen LogP contribution in [0.15, 0.2) is 97.6 Å². The second-order valence-electron chi connectivity index (χ2n) is 16.3. The van der Waals surface area contributed by atoms with E-state index < -0.39 is 71.7 Å². The van der Waals surface area contributed by atoms with Crippen LogP contribution in [0.4, 0.5) is 0 Å². The van der Waals surface area contributed by atoms with E-state index in [2.05, 4.69) is 46.5 Å². The number of amides is 6.